The number of primary amides is 1. The number of alkyl halides is 3. The summed E-state index contributed by atoms with van der Waals surface area (Å²) >= 11 is 0. The topological polar surface area (TPSA) is 56.0 Å². The van der Waals surface area contributed by atoms with Crippen LogP contribution in [0.15, 0.2) is 18.3 Å². The number of hydrogen-bond donors (Lipinski definition) is 1. The van der Waals surface area contributed by atoms with E-state index in [1.54, 1.807) is 0 Å². The number of carbonyl (C=O) groups is 1. The molecule has 0 unspecified atom stereocenters. The first-order chi connectivity index (χ1) is 6.41. The lowest BCUT2D eigenvalue weighted by Crippen LogP contribution is -2.18. The molecule has 1 amide bonds. The minimum absolute atomic E-state index is 0.201. The molecule has 1 aromatic heterocycles. The van der Waals surface area contributed by atoms with Gasteiger partial charge in [-0.05, 0) is 11.6 Å². The highest BCUT2D eigenvalue weighted by Gasteiger charge is 2.35. The van der Waals surface area contributed by atoms with Gasteiger partial charge in [-0.15, -0.1) is 0 Å². The van der Waals surface area contributed by atoms with Crippen LogP contribution in [0.25, 0.3) is 0 Å². The Morgan fingerprint density at radius 3 is 2.64 bits per heavy atom. The van der Waals surface area contributed by atoms with Crippen molar-refractivity contribution in [3.05, 3.63) is 29.6 Å². The van der Waals surface area contributed by atoms with Crippen LogP contribution in [0.1, 0.15) is 11.3 Å². The minimum Gasteiger partial charge on any atom is -0.369 e. The van der Waals surface area contributed by atoms with Crippen molar-refractivity contribution < 1.29 is 18.0 Å². The van der Waals surface area contributed by atoms with E-state index in [1.807, 2.05) is 0 Å². The van der Waals surface area contributed by atoms with Gasteiger partial charge in [0, 0.05) is 6.20 Å². The number of amides is 1. The summed E-state index contributed by atoms with van der Waals surface area (Å²) in [6.45, 7) is 0. The van der Waals surface area contributed by atoms with Crippen molar-refractivity contribution >= 4 is 5.91 Å². The third kappa shape index (κ3) is 2.45. The SMILES string of the molecule is NC(=O)Cc1cccnc1C(F)(F)F. The van der Waals surface area contributed by atoms with Crippen LogP contribution in [0.3, 0.4) is 0 Å². The average molecular weight is 204 g/mol. The van der Waals surface area contributed by atoms with Crippen LogP contribution in [0.4, 0.5) is 13.2 Å². The maximum atomic E-state index is 12.3. The molecule has 6 heteroatoms. The number of rotatable bonds is 2. The number of carbonyl (C=O) groups excluding carboxylic acids is 1. The van der Waals surface area contributed by atoms with Gasteiger partial charge in [-0.25, -0.2) is 0 Å². The van der Waals surface area contributed by atoms with Crippen molar-refractivity contribution in [2.75, 3.05) is 0 Å². The molecule has 0 aliphatic carbocycles. The van der Waals surface area contributed by atoms with Crippen LogP contribution in [0, 0.1) is 0 Å². The van der Waals surface area contributed by atoms with E-state index in [2.05, 4.69) is 4.98 Å². The molecule has 14 heavy (non-hydrogen) atoms. The van der Waals surface area contributed by atoms with Gasteiger partial charge in [0.2, 0.25) is 5.91 Å². The molecule has 0 atom stereocenters. The van der Waals surface area contributed by atoms with Crippen LogP contribution < -0.4 is 5.73 Å². The zero-order valence-corrected chi connectivity index (χ0v) is 7.01. The lowest BCUT2D eigenvalue weighted by atomic mass is 10.1. The van der Waals surface area contributed by atoms with E-state index in [-0.39, 0.29) is 5.56 Å². The number of nitrogens with two attached hydrogens (primary N) is 1. The first-order valence-corrected chi connectivity index (χ1v) is 3.70. The third-order valence-corrected chi connectivity index (χ3v) is 1.52. The molecule has 0 radical (unpaired) electrons. The fraction of sp³-hybridized carbons (Fsp3) is 0.250. The molecule has 76 valence electrons. The Morgan fingerprint density at radius 2 is 2.14 bits per heavy atom. The molecule has 0 saturated heterocycles. The number of aromatic nitrogens is 1. The van der Waals surface area contributed by atoms with E-state index in [0.717, 1.165) is 6.20 Å². The van der Waals surface area contributed by atoms with Crippen LogP contribution in [0.5, 0.6) is 0 Å². The van der Waals surface area contributed by atoms with Crippen LogP contribution >= 0.6 is 0 Å². The fourth-order valence-electron chi connectivity index (χ4n) is 1.02. The Hall–Kier alpha value is -1.59. The molecular weight excluding hydrogens is 197 g/mol. The smallest absolute Gasteiger partial charge is 0.369 e. The van der Waals surface area contributed by atoms with Crippen molar-refractivity contribution in [1.82, 2.24) is 4.98 Å². The highest BCUT2D eigenvalue weighted by molar-refractivity contribution is 5.76. The second kappa shape index (κ2) is 3.65. The normalized spacial score (nSPS) is 11.4. The lowest BCUT2D eigenvalue weighted by molar-refractivity contribution is -0.141. The Morgan fingerprint density at radius 1 is 1.50 bits per heavy atom. The number of nitrogens with zero attached hydrogens (tertiary/aromatic N) is 1. The Labute approximate surface area is 77.7 Å². The van der Waals surface area contributed by atoms with Gasteiger partial charge < -0.3 is 5.73 Å². The summed E-state index contributed by atoms with van der Waals surface area (Å²) in [7, 11) is 0. The van der Waals surface area contributed by atoms with E-state index in [9.17, 15) is 18.0 Å². The molecule has 0 saturated carbocycles. The first kappa shape index (κ1) is 10.5. The third-order valence-electron chi connectivity index (χ3n) is 1.52. The Balaban J connectivity index is 3.10. The van der Waals surface area contributed by atoms with Gasteiger partial charge in [-0.1, -0.05) is 6.07 Å². The molecular formula is C8H7F3N2O. The summed E-state index contributed by atoms with van der Waals surface area (Å²) in [6.07, 6.45) is -3.98. The van der Waals surface area contributed by atoms with Gasteiger partial charge in [0.1, 0.15) is 5.69 Å². The van der Waals surface area contributed by atoms with Gasteiger partial charge in [-0.3, -0.25) is 9.78 Å². The van der Waals surface area contributed by atoms with E-state index in [1.165, 1.54) is 12.1 Å². The summed E-state index contributed by atoms with van der Waals surface area (Å²) < 4.78 is 36.9. The summed E-state index contributed by atoms with van der Waals surface area (Å²) in [6, 6.07) is 2.51. The molecule has 3 nitrogen and oxygen atoms in total. The van der Waals surface area contributed by atoms with E-state index < -0.39 is 24.2 Å². The summed E-state index contributed by atoms with van der Waals surface area (Å²) in [5.41, 5.74) is 3.54. The minimum atomic E-state index is -4.55. The van der Waals surface area contributed by atoms with Crippen LogP contribution in [-0.2, 0) is 17.4 Å². The maximum absolute atomic E-state index is 12.3. The van der Waals surface area contributed by atoms with E-state index in [4.69, 9.17) is 5.73 Å². The number of hydrogen-bond acceptors (Lipinski definition) is 2. The molecule has 1 aromatic rings. The molecule has 0 aliphatic rings. The molecule has 0 aliphatic heterocycles. The Bertz CT molecular complexity index is 349. The maximum Gasteiger partial charge on any atom is 0.433 e. The summed E-state index contributed by atoms with van der Waals surface area (Å²) in [5, 5.41) is 0. The zero-order valence-electron chi connectivity index (χ0n) is 7.01. The predicted octanol–water partition coefficient (Wildman–Crippen LogP) is 1.13. The Kier molecular flexibility index (Phi) is 2.73. The first-order valence-electron chi connectivity index (χ1n) is 3.70. The highest BCUT2D eigenvalue weighted by atomic mass is 19.4. The van der Waals surface area contributed by atoms with Crippen molar-refractivity contribution in [2.24, 2.45) is 5.73 Å². The average Bonchev–Trinajstić information content (AvgIpc) is 2.01. The van der Waals surface area contributed by atoms with Crippen LogP contribution in [-0.4, -0.2) is 10.9 Å². The molecule has 0 spiro atoms. The van der Waals surface area contributed by atoms with E-state index >= 15 is 0 Å². The van der Waals surface area contributed by atoms with Gasteiger partial charge in [0.05, 0.1) is 6.42 Å². The highest BCUT2D eigenvalue weighted by Crippen LogP contribution is 2.29. The van der Waals surface area contributed by atoms with Gasteiger partial charge in [0.15, 0.2) is 0 Å². The standard InChI is InChI=1S/C8H7F3N2O/c9-8(10,11)7-5(4-6(12)14)2-1-3-13-7/h1-3H,4H2,(H2,12,14). The van der Waals surface area contributed by atoms with Gasteiger partial charge >= 0.3 is 6.18 Å². The van der Waals surface area contributed by atoms with Gasteiger partial charge in [0.25, 0.3) is 0 Å². The lowest BCUT2D eigenvalue weighted by Gasteiger charge is -2.09. The van der Waals surface area contributed by atoms with Gasteiger partial charge in [-0.2, -0.15) is 13.2 Å². The largest absolute Gasteiger partial charge is 0.433 e. The number of pyridine rings is 1. The molecule has 0 fully saturated rings. The second-order valence-electron chi connectivity index (χ2n) is 2.65. The fourth-order valence-corrected chi connectivity index (χ4v) is 1.02. The van der Waals surface area contributed by atoms with Crippen LogP contribution in [0.2, 0.25) is 0 Å². The molecule has 1 heterocycles. The van der Waals surface area contributed by atoms with Crippen molar-refractivity contribution in [3.63, 3.8) is 0 Å². The quantitative estimate of drug-likeness (QED) is 0.784. The molecule has 2 N–H and O–H groups in total. The monoisotopic (exact) mass is 204 g/mol. The summed E-state index contributed by atoms with van der Waals surface area (Å²) in [5.74, 6) is -0.816. The second-order valence-corrected chi connectivity index (χ2v) is 2.65. The van der Waals surface area contributed by atoms with E-state index in [0.29, 0.717) is 0 Å². The number of halogens is 3. The molecule has 0 bridgehead atoms. The molecule has 1 rings (SSSR count). The summed E-state index contributed by atoms with van der Waals surface area (Å²) in [4.78, 5) is 13.6. The zero-order chi connectivity index (χ0) is 10.8. The van der Waals surface area contributed by atoms with Crippen molar-refractivity contribution in [3.8, 4) is 0 Å². The van der Waals surface area contributed by atoms with Crippen molar-refractivity contribution in [2.45, 2.75) is 12.6 Å². The predicted molar refractivity (Wildman–Crippen MR) is 42.1 cm³/mol. The molecule has 0 aromatic carbocycles. The van der Waals surface area contributed by atoms with Crippen molar-refractivity contribution in [1.29, 1.82) is 0 Å².